The molecule has 2 aromatic carbocycles. The molecule has 158 valence electrons. The zero-order valence-corrected chi connectivity index (χ0v) is 17.9. The minimum atomic E-state index is -4.14. The van der Waals surface area contributed by atoms with Gasteiger partial charge < -0.3 is 5.32 Å². The lowest BCUT2D eigenvalue weighted by Gasteiger charge is -2.24. The molecule has 0 bridgehead atoms. The minimum absolute atomic E-state index is 0.0595. The Balaban J connectivity index is 2.15. The number of Topliss-reactive ketones (excluding diaryl/α,β-unsaturated/α-hetero) is 1. The Morgan fingerprint density at radius 1 is 1.00 bits per heavy atom. The normalized spacial score (nSPS) is 11.5. The van der Waals surface area contributed by atoms with Crippen molar-refractivity contribution >= 4 is 38.4 Å². The fourth-order valence-corrected chi connectivity index (χ4v) is 4.60. The second-order valence-electron chi connectivity index (χ2n) is 6.84. The van der Waals surface area contributed by atoms with Gasteiger partial charge >= 0.3 is 5.69 Å². The molecule has 0 saturated heterocycles. The number of carbonyl (C=O) groups is 2. The standard InChI is InChI=1S/C20H22N4O5S/c1-13(25)14-5-7-15(8-6-14)24(12-19(26)21-2)30(28,29)16-9-10-17-18(11-16)23(4)20(27)22(17)3/h5-11H,12H2,1-4H3,(H,21,26). The molecule has 0 fully saturated rings. The zero-order valence-electron chi connectivity index (χ0n) is 17.0. The molecule has 0 aliphatic heterocycles. The highest BCUT2D eigenvalue weighted by atomic mass is 32.2. The van der Waals surface area contributed by atoms with Crippen LogP contribution in [0.2, 0.25) is 0 Å². The molecule has 0 atom stereocenters. The van der Waals surface area contributed by atoms with E-state index in [2.05, 4.69) is 5.32 Å². The van der Waals surface area contributed by atoms with Crippen molar-refractivity contribution in [1.29, 1.82) is 0 Å². The summed E-state index contributed by atoms with van der Waals surface area (Å²) in [5.74, 6) is -0.653. The third-order valence-corrected chi connectivity index (χ3v) is 6.73. The number of rotatable bonds is 6. The molecule has 1 N–H and O–H groups in total. The topological polar surface area (TPSA) is 110 Å². The molecule has 0 saturated carbocycles. The van der Waals surface area contributed by atoms with Crippen LogP contribution in [0.25, 0.3) is 11.0 Å². The average Bonchev–Trinajstić information content (AvgIpc) is 2.95. The molecule has 1 amide bonds. The first-order valence-corrected chi connectivity index (χ1v) is 10.5. The maximum Gasteiger partial charge on any atom is 0.328 e. The molecule has 0 unspecified atom stereocenters. The molecule has 1 aromatic heterocycles. The number of ketones is 1. The number of benzene rings is 2. The number of nitrogens with one attached hydrogen (secondary N) is 1. The van der Waals surface area contributed by atoms with Crippen molar-refractivity contribution in [3.63, 3.8) is 0 Å². The molecular weight excluding hydrogens is 408 g/mol. The molecule has 3 rings (SSSR count). The fraction of sp³-hybridized carbons (Fsp3) is 0.250. The van der Waals surface area contributed by atoms with Gasteiger partial charge in [0.2, 0.25) is 5.91 Å². The molecule has 1 heterocycles. The van der Waals surface area contributed by atoms with Crippen molar-refractivity contribution in [2.45, 2.75) is 11.8 Å². The van der Waals surface area contributed by atoms with Gasteiger partial charge in [-0.3, -0.25) is 23.0 Å². The number of hydrogen-bond acceptors (Lipinski definition) is 5. The van der Waals surface area contributed by atoms with Crippen molar-refractivity contribution in [2.75, 3.05) is 17.9 Å². The van der Waals surface area contributed by atoms with Crippen LogP contribution < -0.4 is 15.3 Å². The first-order valence-electron chi connectivity index (χ1n) is 9.07. The predicted molar refractivity (Wildman–Crippen MR) is 113 cm³/mol. The predicted octanol–water partition coefficient (Wildman–Crippen LogP) is 1.02. The average molecular weight is 430 g/mol. The van der Waals surface area contributed by atoms with Gasteiger partial charge in [0.05, 0.1) is 21.6 Å². The smallest absolute Gasteiger partial charge is 0.328 e. The summed E-state index contributed by atoms with van der Waals surface area (Å²) >= 11 is 0. The summed E-state index contributed by atoms with van der Waals surface area (Å²) in [5.41, 5.74) is 1.43. The molecule has 30 heavy (non-hydrogen) atoms. The summed E-state index contributed by atoms with van der Waals surface area (Å²) in [5, 5.41) is 2.42. The highest BCUT2D eigenvalue weighted by Crippen LogP contribution is 2.26. The highest BCUT2D eigenvalue weighted by Gasteiger charge is 2.28. The lowest BCUT2D eigenvalue weighted by atomic mass is 10.1. The zero-order chi connectivity index (χ0) is 22.2. The van der Waals surface area contributed by atoms with Gasteiger partial charge in [0, 0.05) is 26.7 Å². The van der Waals surface area contributed by atoms with Crippen molar-refractivity contribution < 1.29 is 18.0 Å². The fourth-order valence-electron chi connectivity index (χ4n) is 3.16. The Labute approximate surface area is 173 Å². The van der Waals surface area contributed by atoms with Gasteiger partial charge in [-0.1, -0.05) is 0 Å². The summed E-state index contributed by atoms with van der Waals surface area (Å²) < 4.78 is 30.6. The van der Waals surface area contributed by atoms with E-state index in [1.807, 2.05) is 0 Å². The second kappa shape index (κ2) is 7.79. The second-order valence-corrected chi connectivity index (χ2v) is 8.70. The van der Waals surface area contributed by atoms with E-state index >= 15 is 0 Å². The monoisotopic (exact) mass is 430 g/mol. The first-order chi connectivity index (χ1) is 14.1. The number of aryl methyl sites for hydroxylation is 2. The Kier molecular flexibility index (Phi) is 5.53. The van der Waals surface area contributed by atoms with Gasteiger partial charge in [0.1, 0.15) is 6.54 Å². The van der Waals surface area contributed by atoms with E-state index in [0.717, 1.165) is 4.31 Å². The van der Waals surface area contributed by atoms with Gasteiger partial charge in [-0.15, -0.1) is 0 Å². The Hall–Kier alpha value is -3.40. The highest BCUT2D eigenvalue weighted by molar-refractivity contribution is 7.92. The molecule has 0 radical (unpaired) electrons. The van der Waals surface area contributed by atoms with Crippen LogP contribution in [0.4, 0.5) is 5.69 Å². The van der Waals surface area contributed by atoms with Crippen LogP contribution >= 0.6 is 0 Å². The van der Waals surface area contributed by atoms with E-state index in [4.69, 9.17) is 0 Å². The van der Waals surface area contributed by atoms with Crippen molar-refractivity contribution in [3.05, 3.63) is 58.5 Å². The summed E-state index contributed by atoms with van der Waals surface area (Å²) in [6, 6.07) is 10.3. The Bertz CT molecular complexity index is 1300. The van der Waals surface area contributed by atoms with Gasteiger partial charge in [0.25, 0.3) is 10.0 Å². The van der Waals surface area contributed by atoms with E-state index in [1.165, 1.54) is 59.5 Å². The molecule has 0 spiro atoms. The minimum Gasteiger partial charge on any atom is -0.358 e. The number of aromatic nitrogens is 2. The number of imidazole rings is 1. The lowest BCUT2D eigenvalue weighted by Crippen LogP contribution is -2.39. The van der Waals surface area contributed by atoms with E-state index in [9.17, 15) is 22.8 Å². The Morgan fingerprint density at radius 3 is 2.17 bits per heavy atom. The largest absolute Gasteiger partial charge is 0.358 e. The van der Waals surface area contributed by atoms with E-state index in [0.29, 0.717) is 16.6 Å². The van der Waals surface area contributed by atoms with Crippen LogP contribution in [0.3, 0.4) is 0 Å². The quantitative estimate of drug-likeness (QED) is 0.587. The van der Waals surface area contributed by atoms with Crippen LogP contribution in [0.15, 0.2) is 52.2 Å². The lowest BCUT2D eigenvalue weighted by molar-refractivity contribution is -0.119. The van der Waals surface area contributed by atoms with Crippen molar-refractivity contribution in [1.82, 2.24) is 14.5 Å². The number of nitrogens with zero attached hydrogens (tertiary/aromatic N) is 3. The number of hydrogen-bond donors (Lipinski definition) is 1. The number of likely N-dealkylation sites (N-methyl/N-ethyl adjacent to an activating group) is 1. The van der Waals surface area contributed by atoms with Crippen LogP contribution in [-0.4, -0.2) is 42.8 Å². The number of anilines is 1. The van der Waals surface area contributed by atoms with Crippen LogP contribution in [-0.2, 0) is 28.9 Å². The third-order valence-electron chi connectivity index (χ3n) is 4.96. The summed E-state index contributed by atoms with van der Waals surface area (Å²) in [7, 11) is 0.437. The van der Waals surface area contributed by atoms with Gasteiger partial charge in [-0.25, -0.2) is 13.2 Å². The van der Waals surface area contributed by atoms with Gasteiger partial charge in [-0.05, 0) is 49.4 Å². The molecular formula is C20H22N4O5S. The third kappa shape index (κ3) is 3.61. The maximum atomic E-state index is 13.4. The maximum absolute atomic E-state index is 13.4. The van der Waals surface area contributed by atoms with E-state index < -0.39 is 22.5 Å². The van der Waals surface area contributed by atoms with Crippen molar-refractivity contribution in [3.8, 4) is 0 Å². The Morgan fingerprint density at radius 2 is 1.60 bits per heavy atom. The summed E-state index contributed by atoms with van der Waals surface area (Å²) in [6.07, 6.45) is 0. The van der Waals surface area contributed by atoms with Crippen molar-refractivity contribution in [2.24, 2.45) is 14.1 Å². The van der Waals surface area contributed by atoms with E-state index in [-0.39, 0.29) is 22.1 Å². The SMILES string of the molecule is CNC(=O)CN(c1ccc(C(C)=O)cc1)S(=O)(=O)c1ccc2c(c1)n(C)c(=O)n2C. The number of sulfonamides is 1. The molecule has 9 nitrogen and oxygen atoms in total. The molecule has 0 aliphatic carbocycles. The number of carbonyl (C=O) groups excluding carboxylic acids is 2. The van der Waals surface area contributed by atoms with E-state index in [1.54, 1.807) is 20.2 Å². The summed E-state index contributed by atoms with van der Waals surface area (Å²) in [4.78, 5) is 35.7. The molecule has 0 aliphatic rings. The number of fused-ring (bicyclic) bond motifs is 1. The van der Waals surface area contributed by atoms with Gasteiger partial charge in [0.15, 0.2) is 5.78 Å². The van der Waals surface area contributed by atoms with Crippen LogP contribution in [0.5, 0.6) is 0 Å². The molecule has 3 aromatic rings. The van der Waals surface area contributed by atoms with Crippen LogP contribution in [0, 0.1) is 0 Å². The molecule has 10 heteroatoms. The summed E-state index contributed by atoms with van der Waals surface area (Å²) in [6.45, 7) is 0.970. The number of amides is 1. The van der Waals surface area contributed by atoms with Crippen LogP contribution in [0.1, 0.15) is 17.3 Å². The first kappa shape index (κ1) is 21.3. The van der Waals surface area contributed by atoms with Gasteiger partial charge in [-0.2, -0.15) is 0 Å².